The molecule has 1 rings (SSSR count). The second-order valence-electron chi connectivity index (χ2n) is 3.86. The van der Waals surface area contributed by atoms with Crippen LogP contribution < -0.4 is 0 Å². The van der Waals surface area contributed by atoms with Crippen LogP contribution in [0.2, 0.25) is 5.02 Å². The molecule has 4 heteroatoms. The summed E-state index contributed by atoms with van der Waals surface area (Å²) in [6.45, 7) is 4.16. The van der Waals surface area contributed by atoms with E-state index in [1.807, 2.05) is 0 Å². The van der Waals surface area contributed by atoms with Crippen molar-refractivity contribution >= 4 is 17.4 Å². The van der Waals surface area contributed by atoms with Crippen molar-refractivity contribution < 1.29 is 4.79 Å². The highest BCUT2D eigenvalue weighted by Gasteiger charge is 2.20. The van der Waals surface area contributed by atoms with E-state index in [4.69, 9.17) is 11.6 Å². The smallest absolute Gasteiger partial charge is 0.203 e. The molecular weight excluding hydrogens is 224 g/mol. The lowest BCUT2D eigenvalue weighted by molar-refractivity contribution is 0.0894. The summed E-state index contributed by atoms with van der Waals surface area (Å²) in [6.07, 6.45) is 6.75. The first-order valence-corrected chi connectivity index (χ1v) is 6.08. The largest absolute Gasteiger partial charge is 0.290 e. The lowest BCUT2D eigenvalue weighted by Crippen LogP contribution is -2.17. The van der Waals surface area contributed by atoms with E-state index < -0.39 is 0 Å². The van der Waals surface area contributed by atoms with E-state index >= 15 is 0 Å². The fourth-order valence-electron chi connectivity index (χ4n) is 1.73. The lowest BCUT2D eigenvalue weighted by atomic mass is 9.93. The van der Waals surface area contributed by atoms with Gasteiger partial charge in [0.25, 0.3) is 0 Å². The second kappa shape index (κ2) is 6.59. The van der Waals surface area contributed by atoms with Gasteiger partial charge in [0.1, 0.15) is 0 Å². The molecule has 0 spiro atoms. The second-order valence-corrected chi connectivity index (χ2v) is 4.30. The van der Waals surface area contributed by atoms with Crippen molar-refractivity contribution in [3.05, 3.63) is 23.2 Å². The van der Waals surface area contributed by atoms with E-state index in [0.29, 0.717) is 5.02 Å². The number of carbonyl (C=O) groups is 1. The number of carbonyl (C=O) groups excluding carboxylic acids is 1. The monoisotopic (exact) mass is 240 g/mol. The van der Waals surface area contributed by atoms with Crippen LogP contribution in [0, 0.1) is 5.92 Å². The maximum Gasteiger partial charge on any atom is 0.203 e. The summed E-state index contributed by atoms with van der Waals surface area (Å²) in [7, 11) is 0. The third kappa shape index (κ3) is 3.56. The summed E-state index contributed by atoms with van der Waals surface area (Å²) in [5.41, 5.74) is 0. The Kier molecular flexibility index (Phi) is 5.39. The summed E-state index contributed by atoms with van der Waals surface area (Å²) < 4.78 is 0. The zero-order valence-corrected chi connectivity index (χ0v) is 10.5. The molecule has 0 unspecified atom stereocenters. The quantitative estimate of drug-likeness (QED) is 0.715. The van der Waals surface area contributed by atoms with Gasteiger partial charge in [-0.25, -0.2) is 9.97 Å². The van der Waals surface area contributed by atoms with Gasteiger partial charge in [-0.05, 0) is 12.8 Å². The standard InChI is InChI=1S/C12H17ClN2O/c1-3-5-9(6-4-2)11(16)12-14-7-10(13)8-15-12/h7-9H,3-6H2,1-2H3. The number of Topliss-reactive ketones (excluding diaryl/α,β-unsaturated/α-hetero) is 1. The fourth-order valence-corrected chi connectivity index (χ4v) is 1.82. The van der Waals surface area contributed by atoms with E-state index in [1.165, 1.54) is 12.4 Å². The average molecular weight is 241 g/mol. The van der Waals surface area contributed by atoms with Crippen LogP contribution in [0.25, 0.3) is 0 Å². The molecule has 0 N–H and O–H groups in total. The van der Waals surface area contributed by atoms with Crippen LogP contribution in [0.15, 0.2) is 12.4 Å². The molecule has 0 saturated carbocycles. The van der Waals surface area contributed by atoms with Gasteiger partial charge in [-0.2, -0.15) is 0 Å². The Balaban J connectivity index is 2.77. The zero-order chi connectivity index (χ0) is 12.0. The van der Waals surface area contributed by atoms with E-state index in [1.54, 1.807) is 0 Å². The predicted octanol–water partition coefficient (Wildman–Crippen LogP) is 3.53. The van der Waals surface area contributed by atoms with E-state index in [9.17, 15) is 4.79 Å². The molecule has 1 heterocycles. The van der Waals surface area contributed by atoms with Crippen molar-refractivity contribution in [1.29, 1.82) is 0 Å². The van der Waals surface area contributed by atoms with E-state index in [-0.39, 0.29) is 17.5 Å². The summed E-state index contributed by atoms with van der Waals surface area (Å²) in [5.74, 6) is 0.382. The Morgan fingerprint density at radius 2 is 1.75 bits per heavy atom. The predicted molar refractivity (Wildman–Crippen MR) is 64.7 cm³/mol. The SMILES string of the molecule is CCCC(CCC)C(=O)c1ncc(Cl)cn1. The minimum atomic E-state index is 0.0420. The maximum atomic E-state index is 12.1. The first kappa shape index (κ1) is 13.1. The van der Waals surface area contributed by atoms with Crippen molar-refractivity contribution in [2.24, 2.45) is 5.92 Å². The molecule has 0 aliphatic carbocycles. The molecule has 0 amide bonds. The van der Waals surface area contributed by atoms with Gasteiger partial charge in [-0.15, -0.1) is 0 Å². The molecule has 0 aromatic carbocycles. The zero-order valence-electron chi connectivity index (χ0n) is 9.74. The molecule has 0 radical (unpaired) electrons. The number of halogens is 1. The van der Waals surface area contributed by atoms with Gasteiger partial charge in [-0.1, -0.05) is 38.3 Å². The number of hydrogen-bond acceptors (Lipinski definition) is 3. The molecule has 1 aromatic heterocycles. The van der Waals surface area contributed by atoms with Crippen molar-refractivity contribution in [2.45, 2.75) is 39.5 Å². The molecule has 16 heavy (non-hydrogen) atoms. The van der Waals surface area contributed by atoms with E-state index in [2.05, 4.69) is 23.8 Å². The van der Waals surface area contributed by atoms with Gasteiger partial charge < -0.3 is 0 Å². The van der Waals surface area contributed by atoms with Gasteiger partial charge in [0, 0.05) is 18.3 Å². The van der Waals surface area contributed by atoms with Gasteiger partial charge in [-0.3, -0.25) is 4.79 Å². The topological polar surface area (TPSA) is 42.9 Å². The van der Waals surface area contributed by atoms with Crippen LogP contribution in [-0.4, -0.2) is 15.8 Å². The number of ketones is 1. The van der Waals surface area contributed by atoms with Crippen LogP contribution in [0.1, 0.15) is 50.1 Å². The highest BCUT2D eigenvalue weighted by atomic mass is 35.5. The molecular formula is C12H17ClN2O. The summed E-state index contributed by atoms with van der Waals surface area (Å²) in [6, 6.07) is 0. The van der Waals surface area contributed by atoms with Crippen LogP contribution in [-0.2, 0) is 0 Å². The Morgan fingerprint density at radius 3 is 2.19 bits per heavy atom. The minimum absolute atomic E-state index is 0.0420. The summed E-state index contributed by atoms with van der Waals surface area (Å²) in [4.78, 5) is 20.0. The molecule has 1 aromatic rings. The Hall–Kier alpha value is -0.960. The number of aromatic nitrogens is 2. The van der Waals surface area contributed by atoms with Crippen LogP contribution >= 0.6 is 11.6 Å². The molecule has 88 valence electrons. The summed E-state index contributed by atoms with van der Waals surface area (Å²) in [5, 5.41) is 0.457. The molecule has 0 bridgehead atoms. The highest BCUT2D eigenvalue weighted by Crippen LogP contribution is 2.18. The minimum Gasteiger partial charge on any atom is -0.290 e. The number of nitrogens with zero attached hydrogens (tertiary/aromatic N) is 2. The number of rotatable bonds is 6. The third-order valence-electron chi connectivity index (χ3n) is 2.49. The van der Waals surface area contributed by atoms with Crippen molar-refractivity contribution in [1.82, 2.24) is 9.97 Å². The van der Waals surface area contributed by atoms with Gasteiger partial charge in [0.15, 0.2) is 5.82 Å². The lowest BCUT2D eigenvalue weighted by Gasteiger charge is -2.12. The van der Waals surface area contributed by atoms with Crippen LogP contribution in [0.5, 0.6) is 0 Å². The number of hydrogen-bond donors (Lipinski definition) is 0. The molecule has 0 aliphatic rings. The van der Waals surface area contributed by atoms with Crippen LogP contribution in [0.4, 0.5) is 0 Å². The molecule has 0 atom stereocenters. The van der Waals surface area contributed by atoms with Gasteiger partial charge in [0.2, 0.25) is 5.78 Å². The average Bonchev–Trinajstić information content (AvgIpc) is 2.29. The Labute approximate surface area is 101 Å². The van der Waals surface area contributed by atoms with Gasteiger partial charge >= 0.3 is 0 Å². The van der Waals surface area contributed by atoms with Gasteiger partial charge in [0.05, 0.1) is 5.02 Å². The molecule has 0 saturated heterocycles. The van der Waals surface area contributed by atoms with Crippen molar-refractivity contribution in [3.8, 4) is 0 Å². The molecule has 0 aliphatic heterocycles. The van der Waals surface area contributed by atoms with E-state index in [0.717, 1.165) is 25.7 Å². The molecule has 0 fully saturated rings. The first-order valence-electron chi connectivity index (χ1n) is 5.70. The summed E-state index contributed by atoms with van der Waals surface area (Å²) >= 11 is 5.68. The van der Waals surface area contributed by atoms with Crippen LogP contribution in [0.3, 0.4) is 0 Å². The normalized spacial score (nSPS) is 10.8. The Bertz CT molecular complexity index is 331. The highest BCUT2D eigenvalue weighted by molar-refractivity contribution is 6.30. The fraction of sp³-hybridized carbons (Fsp3) is 0.583. The molecule has 3 nitrogen and oxygen atoms in total. The van der Waals surface area contributed by atoms with Crippen molar-refractivity contribution in [2.75, 3.05) is 0 Å². The van der Waals surface area contributed by atoms with Crippen molar-refractivity contribution in [3.63, 3.8) is 0 Å². The first-order chi connectivity index (χ1) is 7.69. The Morgan fingerprint density at radius 1 is 1.25 bits per heavy atom. The third-order valence-corrected chi connectivity index (χ3v) is 2.68. The maximum absolute atomic E-state index is 12.1.